The van der Waals surface area contributed by atoms with E-state index in [1.807, 2.05) is 0 Å². The largest absolute Gasteiger partial charge is 0.351 e. The molecule has 0 unspecified atom stereocenters. The third kappa shape index (κ3) is 3.69. The maximum atomic E-state index is 12.3. The van der Waals surface area contributed by atoms with Crippen LogP contribution in [0.4, 0.5) is 0 Å². The van der Waals surface area contributed by atoms with E-state index in [-0.39, 0.29) is 11.3 Å². The summed E-state index contributed by atoms with van der Waals surface area (Å²) in [5.74, 6) is -0.188. The molecule has 2 nitrogen and oxygen atoms in total. The molecule has 0 aromatic heterocycles. The fourth-order valence-electron chi connectivity index (χ4n) is 2.73. The first-order valence-electron chi connectivity index (χ1n) is 6.86. The van der Waals surface area contributed by atoms with Gasteiger partial charge >= 0.3 is 0 Å². The molecule has 0 radical (unpaired) electrons. The van der Waals surface area contributed by atoms with Gasteiger partial charge in [0.2, 0.25) is 0 Å². The Hall–Kier alpha value is -0.250. The minimum Gasteiger partial charge on any atom is -0.351 e. The zero-order valence-corrected chi connectivity index (χ0v) is 14.3. The quantitative estimate of drug-likeness (QED) is 0.728. The van der Waals surface area contributed by atoms with Gasteiger partial charge in [-0.1, -0.05) is 64.5 Å². The Bertz CT molecular complexity index is 467. The lowest BCUT2D eigenvalue weighted by molar-refractivity contribution is 0.0922. The summed E-state index contributed by atoms with van der Waals surface area (Å²) in [7, 11) is 0. The number of carbonyl (C=O) groups excluding carboxylic acids is 1. The van der Waals surface area contributed by atoms with E-state index in [9.17, 15) is 4.79 Å². The zero-order valence-electron chi connectivity index (χ0n) is 11.2. The molecule has 0 atom stereocenters. The Kier molecular flexibility index (Phi) is 5.76. The average molecular weight is 379 g/mol. The highest BCUT2D eigenvalue weighted by Crippen LogP contribution is 2.37. The minimum atomic E-state index is -0.188. The van der Waals surface area contributed by atoms with Crippen LogP contribution in [0.25, 0.3) is 0 Å². The molecule has 20 heavy (non-hydrogen) atoms. The predicted molar refractivity (Wildman–Crippen MR) is 88.1 cm³/mol. The number of amides is 1. The molecule has 1 aromatic rings. The van der Waals surface area contributed by atoms with Gasteiger partial charge in [-0.3, -0.25) is 4.79 Å². The minimum absolute atomic E-state index is 0.168. The molecule has 5 heteroatoms. The molecule has 1 aliphatic carbocycles. The van der Waals surface area contributed by atoms with Crippen molar-refractivity contribution in [3.8, 4) is 0 Å². The molecular formula is C15H18BrCl2NO. The molecule has 0 saturated heterocycles. The molecule has 1 amide bonds. The molecule has 2 rings (SSSR count). The summed E-state index contributed by atoms with van der Waals surface area (Å²) in [5, 5.41) is 4.71. The second-order valence-electron chi connectivity index (χ2n) is 5.47. The van der Waals surface area contributed by atoms with E-state index < -0.39 is 0 Å². The Morgan fingerprint density at radius 1 is 1.20 bits per heavy atom. The van der Waals surface area contributed by atoms with Gasteiger partial charge < -0.3 is 5.32 Å². The van der Waals surface area contributed by atoms with Crippen LogP contribution in [-0.2, 0) is 0 Å². The van der Waals surface area contributed by atoms with Crippen LogP contribution >= 0.6 is 39.1 Å². The van der Waals surface area contributed by atoms with E-state index in [0.29, 0.717) is 22.2 Å². The van der Waals surface area contributed by atoms with Crippen LogP contribution in [0.5, 0.6) is 0 Å². The van der Waals surface area contributed by atoms with Gasteiger partial charge in [-0.15, -0.1) is 0 Å². The smallest absolute Gasteiger partial charge is 0.254 e. The highest BCUT2D eigenvalue weighted by atomic mass is 79.9. The first-order chi connectivity index (χ1) is 9.58. The zero-order chi connectivity index (χ0) is 14.6. The summed E-state index contributed by atoms with van der Waals surface area (Å²) in [4.78, 5) is 12.3. The number of hydrogen-bond donors (Lipinski definition) is 1. The Morgan fingerprint density at radius 3 is 2.35 bits per heavy atom. The third-order valence-electron chi connectivity index (χ3n) is 4.01. The molecule has 1 aromatic carbocycles. The molecule has 0 bridgehead atoms. The Labute approximate surface area is 138 Å². The van der Waals surface area contributed by atoms with E-state index in [2.05, 4.69) is 21.2 Å². The van der Waals surface area contributed by atoms with Crippen LogP contribution in [-0.4, -0.2) is 17.8 Å². The lowest BCUT2D eigenvalue weighted by Gasteiger charge is -2.35. The van der Waals surface area contributed by atoms with E-state index in [1.54, 1.807) is 18.2 Å². The molecule has 1 saturated carbocycles. The summed E-state index contributed by atoms with van der Waals surface area (Å²) in [6, 6.07) is 5.11. The maximum Gasteiger partial charge on any atom is 0.254 e. The van der Waals surface area contributed by atoms with Crippen molar-refractivity contribution < 1.29 is 4.79 Å². The second kappa shape index (κ2) is 7.15. The predicted octanol–water partition coefficient (Wildman–Crippen LogP) is 5.07. The van der Waals surface area contributed by atoms with Crippen LogP contribution in [0, 0.1) is 5.41 Å². The molecule has 110 valence electrons. The van der Waals surface area contributed by atoms with Crippen molar-refractivity contribution in [2.75, 3.05) is 11.9 Å². The van der Waals surface area contributed by atoms with Crippen LogP contribution in [0.3, 0.4) is 0 Å². The lowest BCUT2D eigenvalue weighted by Crippen LogP contribution is -2.40. The van der Waals surface area contributed by atoms with E-state index in [1.165, 1.54) is 19.3 Å². The number of alkyl halides is 1. The first kappa shape index (κ1) is 16.1. The Balaban J connectivity index is 2.04. The summed E-state index contributed by atoms with van der Waals surface area (Å²) in [6.07, 6.45) is 6.05. The monoisotopic (exact) mass is 377 g/mol. The number of hydrogen-bond acceptors (Lipinski definition) is 1. The van der Waals surface area contributed by atoms with Crippen LogP contribution < -0.4 is 5.32 Å². The number of nitrogens with one attached hydrogen (secondary N) is 1. The first-order valence-corrected chi connectivity index (χ1v) is 8.74. The molecule has 0 spiro atoms. The molecule has 1 fully saturated rings. The van der Waals surface area contributed by atoms with Crippen molar-refractivity contribution in [3.05, 3.63) is 33.8 Å². The van der Waals surface area contributed by atoms with Gasteiger partial charge in [-0.05, 0) is 30.4 Å². The summed E-state index contributed by atoms with van der Waals surface area (Å²) >= 11 is 15.7. The summed E-state index contributed by atoms with van der Waals surface area (Å²) in [6.45, 7) is 0.665. The lowest BCUT2D eigenvalue weighted by atomic mass is 9.75. The van der Waals surface area contributed by atoms with Crippen molar-refractivity contribution >= 4 is 45.0 Å². The van der Waals surface area contributed by atoms with Gasteiger partial charge in [-0.2, -0.15) is 0 Å². The average Bonchev–Trinajstić information content (AvgIpc) is 2.46. The molecular weight excluding hydrogens is 361 g/mol. The van der Waals surface area contributed by atoms with E-state index in [0.717, 1.165) is 18.2 Å². The van der Waals surface area contributed by atoms with Gasteiger partial charge in [0.1, 0.15) is 0 Å². The number of carbonyl (C=O) groups is 1. The topological polar surface area (TPSA) is 29.1 Å². The van der Waals surface area contributed by atoms with E-state index in [4.69, 9.17) is 23.2 Å². The van der Waals surface area contributed by atoms with Crippen molar-refractivity contribution in [1.82, 2.24) is 5.32 Å². The summed E-state index contributed by atoms with van der Waals surface area (Å²) in [5.41, 5.74) is 0.540. The van der Waals surface area contributed by atoms with Crippen molar-refractivity contribution in [2.24, 2.45) is 5.41 Å². The summed E-state index contributed by atoms with van der Waals surface area (Å²) < 4.78 is 0. The number of rotatable bonds is 4. The van der Waals surface area contributed by atoms with Gasteiger partial charge in [-0.25, -0.2) is 0 Å². The van der Waals surface area contributed by atoms with Crippen molar-refractivity contribution in [3.63, 3.8) is 0 Å². The third-order valence-corrected chi connectivity index (χ3v) is 5.83. The highest BCUT2D eigenvalue weighted by Gasteiger charge is 2.31. The van der Waals surface area contributed by atoms with Crippen LogP contribution in [0.1, 0.15) is 42.5 Å². The standard InChI is InChI=1S/C15H18BrCl2NO/c16-9-15(7-2-1-3-8-15)10-19-14(20)13-11(17)5-4-6-12(13)18/h4-6H,1-3,7-10H2,(H,19,20). The van der Waals surface area contributed by atoms with Gasteiger partial charge in [0.15, 0.2) is 0 Å². The SMILES string of the molecule is O=C(NCC1(CBr)CCCCC1)c1c(Cl)cccc1Cl. The fourth-order valence-corrected chi connectivity index (χ4v) is 4.06. The Morgan fingerprint density at radius 2 is 1.80 bits per heavy atom. The molecule has 1 aliphatic rings. The highest BCUT2D eigenvalue weighted by molar-refractivity contribution is 9.09. The molecule has 1 N–H and O–H groups in total. The number of benzene rings is 1. The molecule has 0 heterocycles. The van der Waals surface area contributed by atoms with Crippen molar-refractivity contribution in [2.45, 2.75) is 32.1 Å². The fraction of sp³-hybridized carbons (Fsp3) is 0.533. The molecule has 0 aliphatic heterocycles. The second-order valence-corrected chi connectivity index (χ2v) is 6.85. The normalized spacial score (nSPS) is 17.8. The van der Waals surface area contributed by atoms with Crippen LogP contribution in [0.2, 0.25) is 10.0 Å². The van der Waals surface area contributed by atoms with Gasteiger partial charge in [0.25, 0.3) is 5.91 Å². The van der Waals surface area contributed by atoms with Gasteiger partial charge in [0.05, 0.1) is 15.6 Å². The number of halogens is 3. The van der Waals surface area contributed by atoms with E-state index >= 15 is 0 Å². The van der Waals surface area contributed by atoms with Crippen molar-refractivity contribution in [1.29, 1.82) is 0 Å². The maximum absolute atomic E-state index is 12.3. The van der Waals surface area contributed by atoms with Crippen LogP contribution in [0.15, 0.2) is 18.2 Å². The van der Waals surface area contributed by atoms with Gasteiger partial charge in [0, 0.05) is 11.9 Å².